The van der Waals surface area contributed by atoms with Crippen molar-refractivity contribution in [3.63, 3.8) is 0 Å². The van der Waals surface area contributed by atoms with Crippen LogP contribution in [0.15, 0.2) is 51.7 Å². The molecule has 2 aromatic carbocycles. The van der Waals surface area contributed by atoms with Crippen LogP contribution in [0.3, 0.4) is 0 Å². The fourth-order valence-corrected chi connectivity index (χ4v) is 3.50. The highest BCUT2D eigenvalue weighted by molar-refractivity contribution is 9.10. The van der Waals surface area contributed by atoms with Crippen LogP contribution >= 0.6 is 15.9 Å². The van der Waals surface area contributed by atoms with Crippen LogP contribution in [0.25, 0.3) is 10.9 Å². The summed E-state index contributed by atoms with van der Waals surface area (Å²) >= 11 is 3.31. The summed E-state index contributed by atoms with van der Waals surface area (Å²) in [5.74, 6) is -1.42. The van der Waals surface area contributed by atoms with E-state index in [4.69, 9.17) is 4.74 Å². The van der Waals surface area contributed by atoms with Gasteiger partial charge in [-0.3, -0.25) is 9.59 Å². The first-order valence-electron chi connectivity index (χ1n) is 7.35. The van der Waals surface area contributed by atoms with E-state index in [1.54, 1.807) is 36.4 Å². The first-order chi connectivity index (χ1) is 11.5. The number of fused-ring (bicyclic) bond motifs is 3. The third-order valence-electron chi connectivity index (χ3n) is 4.18. The number of ether oxygens (including phenoxy) is 1. The van der Waals surface area contributed by atoms with Crippen LogP contribution in [0.2, 0.25) is 0 Å². The van der Waals surface area contributed by atoms with Gasteiger partial charge >= 0.3 is 5.97 Å². The molecule has 6 heteroatoms. The molecule has 0 bridgehead atoms. The summed E-state index contributed by atoms with van der Waals surface area (Å²) in [6, 6.07) is 11.5. The maximum absolute atomic E-state index is 14.3. The Bertz CT molecular complexity index is 1040. The highest BCUT2D eigenvalue weighted by Gasteiger charge is 2.34. The highest BCUT2D eigenvalue weighted by Crippen LogP contribution is 2.41. The molecule has 0 amide bonds. The van der Waals surface area contributed by atoms with Crippen molar-refractivity contribution in [3.8, 4) is 5.75 Å². The molecule has 0 saturated carbocycles. The summed E-state index contributed by atoms with van der Waals surface area (Å²) < 4.78 is 20.4. The first-order valence-corrected chi connectivity index (χ1v) is 8.14. The van der Waals surface area contributed by atoms with Crippen molar-refractivity contribution in [1.82, 2.24) is 4.98 Å². The minimum absolute atomic E-state index is 0.0816. The van der Waals surface area contributed by atoms with Gasteiger partial charge in [-0.05, 0) is 35.9 Å². The molecule has 4 nitrogen and oxygen atoms in total. The summed E-state index contributed by atoms with van der Waals surface area (Å²) in [4.78, 5) is 27.5. The Balaban J connectivity index is 2.04. The van der Waals surface area contributed by atoms with Crippen LogP contribution in [0.5, 0.6) is 5.75 Å². The largest absolute Gasteiger partial charge is 0.425 e. The predicted octanol–water partition coefficient (Wildman–Crippen LogP) is 3.87. The van der Waals surface area contributed by atoms with Gasteiger partial charge in [0, 0.05) is 15.8 Å². The SMILES string of the molecule is O=C1C[C@@H](c2cc(Br)ccc2F)c2c(c3ccccc3[nH]c2=O)O1. The van der Waals surface area contributed by atoms with Crippen LogP contribution in [0.1, 0.15) is 23.5 Å². The number of aromatic amines is 1. The number of aromatic nitrogens is 1. The van der Waals surface area contributed by atoms with Crippen LogP contribution < -0.4 is 10.3 Å². The Morgan fingerprint density at radius 3 is 2.79 bits per heavy atom. The lowest BCUT2D eigenvalue weighted by Crippen LogP contribution is -2.28. The fourth-order valence-electron chi connectivity index (χ4n) is 3.13. The number of carbonyl (C=O) groups is 1. The minimum atomic E-state index is -0.688. The van der Waals surface area contributed by atoms with Crippen molar-refractivity contribution in [2.24, 2.45) is 0 Å². The molecule has 0 spiro atoms. The van der Waals surface area contributed by atoms with E-state index in [-0.39, 0.29) is 23.3 Å². The zero-order valence-electron chi connectivity index (χ0n) is 12.3. The number of hydrogen-bond donors (Lipinski definition) is 1. The van der Waals surface area contributed by atoms with Crippen LogP contribution in [-0.4, -0.2) is 11.0 Å². The van der Waals surface area contributed by atoms with Crippen LogP contribution in [-0.2, 0) is 4.79 Å². The molecular formula is C18H11BrFNO3. The molecule has 2 heterocycles. The number of H-pyrrole nitrogens is 1. The number of nitrogens with one attached hydrogen (secondary N) is 1. The summed E-state index contributed by atoms with van der Waals surface area (Å²) in [5.41, 5.74) is 0.776. The van der Waals surface area contributed by atoms with Gasteiger partial charge in [0.2, 0.25) is 0 Å². The van der Waals surface area contributed by atoms with Crippen LogP contribution in [0.4, 0.5) is 4.39 Å². The normalized spacial score (nSPS) is 16.8. The summed E-state index contributed by atoms with van der Waals surface area (Å²) in [5, 5.41) is 0.626. The number of carbonyl (C=O) groups excluding carboxylic acids is 1. The number of hydrogen-bond acceptors (Lipinski definition) is 3. The average Bonchev–Trinajstić information content (AvgIpc) is 2.56. The Labute approximate surface area is 144 Å². The second kappa shape index (κ2) is 5.56. The number of halogens is 2. The molecule has 1 aromatic heterocycles. The fraction of sp³-hybridized carbons (Fsp3) is 0.111. The van der Waals surface area contributed by atoms with Gasteiger partial charge in [-0.25, -0.2) is 4.39 Å². The summed E-state index contributed by atoms with van der Waals surface area (Å²) in [6.45, 7) is 0. The first kappa shape index (κ1) is 15.1. The van der Waals surface area contributed by atoms with Gasteiger partial charge in [0.1, 0.15) is 11.6 Å². The molecule has 0 fully saturated rings. The third kappa shape index (κ3) is 2.34. The lowest BCUT2D eigenvalue weighted by Gasteiger charge is -2.25. The maximum Gasteiger partial charge on any atom is 0.312 e. The van der Waals surface area contributed by atoms with E-state index in [9.17, 15) is 14.0 Å². The predicted molar refractivity (Wildman–Crippen MR) is 90.8 cm³/mol. The van der Waals surface area contributed by atoms with Crippen molar-refractivity contribution in [3.05, 3.63) is 74.2 Å². The Hall–Kier alpha value is -2.47. The lowest BCUT2D eigenvalue weighted by molar-refractivity contribution is -0.135. The molecule has 1 aliphatic heterocycles. The second-order valence-corrected chi connectivity index (χ2v) is 6.55. The molecule has 0 unspecified atom stereocenters. The minimum Gasteiger partial charge on any atom is -0.425 e. The molecule has 24 heavy (non-hydrogen) atoms. The number of benzene rings is 2. The zero-order chi connectivity index (χ0) is 16.8. The number of esters is 1. The number of para-hydroxylation sites is 1. The van der Waals surface area contributed by atoms with Crippen molar-refractivity contribution in [2.75, 3.05) is 0 Å². The standard InChI is InChI=1S/C18H11BrFNO3/c19-9-5-6-13(20)11(7-9)12-8-15(22)24-17-10-3-1-2-4-14(10)21-18(23)16(12)17/h1-7,12H,8H2,(H,21,23)/t12-/m0/s1. The summed E-state index contributed by atoms with van der Waals surface area (Å²) in [7, 11) is 0. The molecule has 0 aliphatic carbocycles. The highest BCUT2D eigenvalue weighted by atomic mass is 79.9. The topological polar surface area (TPSA) is 59.2 Å². The smallest absolute Gasteiger partial charge is 0.312 e. The third-order valence-corrected chi connectivity index (χ3v) is 4.67. The van der Waals surface area contributed by atoms with E-state index in [0.29, 0.717) is 20.9 Å². The van der Waals surface area contributed by atoms with Crippen molar-refractivity contribution in [2.45, 2.75) is 12.3 Å². The molecule has 1 aliphatic rings. The van der Waals surface area contributed by atoms with E-state index in [2.05, 4.69) is 20.9 Å². The monoisotopic (exact) mass is 387 g/mol. The molecule has 0 radical (unpaired) electrons. The molecule has 4 rings (SSSR count). The van der Waals surface area contributed by atoms with E-state index in [1.165, 1.54) is 6.07 Å². The van der Waals surface area contributed by atoms with Gasteiger partial charge < -0.3 is 9.72 Å². The van der Waals surface area contributed by atoms with E-state index < -0.39 is 17.7 Å². The Morgan fingerprint density at radius 1 is 1.17 bits per heavy atom. The van der Waals surface area contributed by atoms with Gasteiger partial charge in [-0.1, -0.05) is 28.1 Å². The molecule has 0 saturated heterocycles. The molecule has 3 aromatic rings. The van der Waals surface area contributed by atoms with E-state index in [0.717, 1.165) is 0 Å². The zero-order valence-corrected chi connectivity index (χ0v) is 13.9. The lowest BCUT2D eigenvalue weighted by atomic mass is 9.86. The van der Waals surface area contributed by atoms with Gasteiger partial charge in [0.05, 0.1) is 17.5 Å². The van der Waals surface area contributed by atoms with Gasteiger partial charge in [0.15, 0.2) is 0 Å². The second-order valence-electron chi connectivity index (χ2n) is 5.64. The Morgan fingerprint density at radius 2 is 1.96 bits per heavy atom. The molecule has 1 atom stereocenters. The van der Waals surface area contributed by atoms with Crippen molar-refractivity contribution >= 4 is 32.8 Å². The molecule has 1 N–H and O–H groups in total. The van der Waals surface area contributed by atoms with Crippen LogP contribution in [0, 0.1) is 5.82 Å². The Kier molecular flexibility index (Phi) is 3.49. The average molecular weight is 388 g/mol. The van der Waals surface area contributed by atoms with E-state index >= 15 is 0 Å². The number of pyridine rings is 1. The number of rotatable bonds is 1. The van der Waals surface area contributed by atoms with Crippen molar-refractivity contribution < 1.29 is 13.9 Å². The van der Waals surface area contributed by atoms with Gasteiger partial charge in [-0.15, -0.1) is 0 Å². The summed E-state index contributed by atoms with van der Waals surface area (Å²) in [6.07, 6.45) is -0.0816. The quantitative estimate of drug-likeness (QED) is 0.644. The van der Waals surface area contributed by atoms with Gasteiger partial charge in [-0.2, -0.15) is 0 Å². The maximum atomic E-state index is 14.3. The van der Waals surface area contributed by atoms with Gasteiger partial charge in [0.25, 0.3) is 5.56 Å². The van der Waals surface area contributed by atoms with Crippen molar-refractivity contribution in [1.29, 1.82) is 0 Å². The van der Waals surface area contributed by atoms with E-state index in [1.807, 2.05) is 0 Å². The molecular weight excluding hydrogens is 377 g/mol. The molecule has 120 valence electrons.